The SMILES string of the molecule is COc1cccc(CNCC2CCC(N)CC2)c1. The number of nitrogens with one attached hydrogen (secondary N) is 1. The molecule has 1 aromatic carbocycles. The lowest BCUT2D eigenvalue weighted by Gasteiger charge is -2.26. The van der Waals surface area contributed by atoms with Gasteiger partial charge in [0, 0.05) is 12.6 Å². The van der Waals surface area contributed by atoms with Crippen LogP contribution in [0.2, 0.25) is 0 Å². The van der Waals surface area contributed by atoms with Crippen LogP contribution in [0, 0.1) is 5.92 Å². The van der Waals surface area contributed by atoms with Crippen molar-refractivity contribution in [3.63, 3.8) is 0 Å². The van der Waals surface area contributed by atoms with Crippen molar-refractivity contribution in [2.75, 3.05) is 13.7 Å². The molecule has 0 aromatic heterocycles. The first-order valence-corrected chi connectivity index (χ1v) is 6.87. The van der Waals surface area contributed by atoms with Gasteiger partial charge in [-0.3, -0.25) is 0 Å². The third-order valence-electron chi connectivity index (χ3n) is 3.79. The Morgan fingerprint density at radius 1 is 1.28 bits per heavy atom. The van der Waals surface area contributed by atoms with Gasteiger partial charge >= 0.3 is 0 Å². The van der Waals surface area contributed by atoms with Gasteiger partial charge in [-0.2, -0.15) is 0 Å². The predicted molar refractivity (Wildman–Crippen MR) is 74.6 cm³/mol. The third-order valence-corrected chi connectivity index (χ3v) is 3.79. The molecule has 0 heterocycles. The second-order valence-corrected chi connectivity index (χ2v) is 5.26. The Hall–Kier alpha value is -1.06. The molecule has 1 aliphatic carbocycles. The van der Waals surface area contributed by atoms with Crippen LogP contribution in [0.15, 0.2) is 24.3 Å². The molecule has 3 N–H and O–H groups in total. The summed E-state index contributed by atoms with van der Waals surface area (Å²) >= 11 is 0. The largest absolute Gasteiger partial charge is 0.497 e. The summed E-state index contributed by atoms with van der Waals surface area (Å²) in [5.41, 5.74) is 7.19. The quantitative estimate of drug-likeness (QED) is 0.840. The zero-order chi connectivity index (χ0) is 12.8. The molecule has 2 rings (SSSR count). The van der Waals surface area contributed by atoms with E-state index in [1.165, 1.54) is 31.2 Å². The lowest BCUT2D eigenvalue weighted by atomic mass is 9.86. The number of methoxy groups -OCH3 is 1. The van der Waals surface area contributed by atoms with Gasteiger partial charge in [-0.25, -0.2) is 0 Å². The van der Waals surface area contributed by atoms with Crippen LogP contribution < -0.4 is 15.8 Å². The van der Waals surface area contributed by atoms with Crippen molar-refractivity contribution >= 4 is 0 Å². The van der Waals surface area contributed by atoms with E-state index in [1.807, 2.05) is 12.1 Å². The zero-order valence-electron chi connectivity index (χ0n) is 11.2. The molecule has 0 radical (unpaired) electrons. The van der Waals surface area contributed by atoms with Gasteiger partial charge in [0.2, 0.25) is 0 Å². The van der Waals surface area contributed by atoms with Crippen LogP contribution in [-0.4, -0.2) is 19.7 Å². The Kier molecular flexibility index (Phi) is 5.02. The molecule has 3 nitrogen and oxygen atoms in total. The van der Waals surface area contributed by atoms with Crippen molar-refractivity contribution in [1.29, 1.82) is 0 Å². The number of hydrogen-bond acceptors (Lipinski definition) is 3. The Labute approximate surface area is 110 Å². The smallest absolute Gasteiger partial charge is 0.119 e. The molecule has 0 atom stereocenters. The standard InChI is InChI=1S/C15H24N2O/c1-18-15-4-2-3-13(9-15)11-17-10-12-5-7-14(16)8-6-12/h2-4,9,12,14,17H,5-8,10-11,16H2,1H3. The number of rotatable bonds is 5. The van der Waals surface area contributed by atoms with E-state index in [1.54, 1.807) is 7.11 Å². The van der Waals surface area contributed by atoms with Crippen molar-refractivity contribution in [1.82, 2.24) is 5.32 Å². The first-order valence-electron chi connectivity index (χ1n) is 6.87. The van der Waals surface area contributed by atoms with Crippen molar-refractivity contribution in [2.45, 2.75) is 38.3 Å². The second-order valence-electron chi connectivity index (χ2n) is 5.26. The van der Waals surface area contributed by atoms with Crippen molar-refractivity contribution in [3.8, 4) is 5.75 Å². The van der Waals surface area contributed by atoms with E-state index in [0.29, 0.717) is 6.04 Å². The molecule has 0 bridgehead atoms. The summed E-state index contributed by atoms with van der Waals surface area (Å²) in [5.74, 6) is 1.73. The molecule has 18 heavy (non-hydrogen) atoms. The Balaban J connectivity index is 1.71. The van der Waals surface area contributed by atoms with Gasteiger partial charge < -0.3 is 15.8 Å². The highest BCUT2D eigenvalue weighted by atomic mass is 16.5. The van der Waals surface area contributed by atoms with Crippen LogP contribution in [0.4, 0.5) is 0 Å². The fourth-order valence-electron chi connectivity index (χ4n) is 2.60. The third kappa shape index (κ3) is 4.00. The van der Waals surface area contributed by atoms with Crippen LogP contribution in [0.25, 0.3) is 0 Å². The maximum atomic E-state index is 5.91. The van der Waals surface area contributed by atoms with Crippen molar-refractivity contribution < 1.29 is 4.74 Å². The van der Waals surface area contributed by atoms with Crippen LogP contribution in [0.5, 0.6) is 5.75 Å². The minimum Gasteiger partial charge on any atom is -0.497 e. The fourth-order valence-corrected chi connectivity index (χ4v) is 2.60. The molecule has 0 spiro atoms. The molecular formula is C15H24N2O. The topological polar surface area (TPSA) is 47.3 Å². The molecule has 1 aliphatic rings. The Bertz CT molecular complexity index is 359. The minimum absolute atomic E-state index is 0.444. The van der Waals surface area contributed by atoms with E-state index in [9.17, 15) is 0 Å². The molecule has 3 heteroatoms. The van der Waals surface area contributed by atoms with E-state index >= 15 is 0 Å². The minimum atomic E-state index is 0.444. The molecule has 1 aromatic rings. The summed E-state index contributed by atoms with van der Waals surface area (Å²) in [7, 11) is 1.71. The van der Waals surface area contributed by atoms with E-state index in [-0.39, 0.29) is 0 Å². The van der Waals surface area contributed by atoms with Gasteiger partial charge in [-0.15, -0.1) is 0 Å². The maximum Gasteiger partial charge on any atom is 0.119 e. The molecule has 100 valence electrons. The van der Waals surface area contributed by atoms with Gasteiger partial charge in [0.1, 0.15) is 5.75 Å². The lowest BCUT2D eigenvalue weighted by molar-refractivity contribution is 0.314. The summed E-state index contributed by atoms with van der Waals surface area (Å²) < 4.78 is 5.22. The number of hydrogen-bond donors (Lipinski definition) is 2. The molecule has 0 amide bonds. The van der Waals surface area contributed by atoms with Crippen LogP contribution >= 0.6 is 0 Å². The Morgan fingerprint density at radius 2 is 2.06 bits per heavy atom. The van der Waals surface area contributed by atoms with E-state index in [0.717, 1.165) is 24.8 Å². The molecule has 0 aliphatic heterocycles. The van der Waals surface area contributed by atoms with Crippen LogP contribution in [-0.2, 0) is 6.54 Å². The molecule has 1 fully saturated rings. The van der Waals surface area contributed by atoms with E-state index in [4.69, 9.17) is 10.5 Å². The molecule has 1 saturated carbocycles. The van der Waals surface area contributed by atoms with Crippen molar-refractivity contribution in [3.05, 3.63) is 29.8 Å². The normalized spacial score (nSPS) is 23.9. The summed E-state index contributed by atoms with van der Waals surface area (Å²) in [6.07, 6.45) is 4.91. The van der Waals surface area contributed by atoms with Gasteiger partial charge in [-0.05, 0) is 55.8 Å². The van der Waals surface area contributed by atoms with Crippen LogP contribution in [0.1, 0.15) is 31.2 Å². The average molecular weight is 248 g/mol. The van der Waals surface area contributed by atoms with Gasteiger partial charge in [-0.1, -0.05) is 12.1 Å². The van der Waals surface area contributed by atoms with E-state index in [2.05, 4.69) is 17.4 Å². The molecule has 0 unspecified atom stereocenters. The molecule has 0 saturated heterocycles. The predicted octanol–water partition coefficient (Wildman–Crippen LogP) is 2.30. The summed E-state index contributed by atoms with van der Waals surface area (Å²) in [4.78, 5) is 0. The number of nitrogens with two attached hydrogens (primary N) is 1. The number of ether oxygens (including phenoxy) is 1. The lowest BCUT2D eigenvalue weighted by Crippen LogP contribution is -2.31. The van der Waals surface area contributed by atoms with Gasteiger partial charge in [0.15, 0.2) is 0 Å². The monoisotopic (exact) mass is 248 g/mol. The summed E-state index contributed by atoms with van der Waals surface area (Å²) in [5, 5.41) is 3.54. The maximum absolute atomic E-state index is 5.91. The van der Waals surface area contributed by atoms with Gasteiger partial charge in [0.05, 0.1) is 7.11 Å². The average Bonchev–Trinajstić information content (AvgIpc) is 2.41. The highest BCUT2D eigenvalue weighted by molar-refractivity contribution is 5.28. The van der Waals surface area contributed by atoms with E-state index < -0.39 is 0 Å². The first-order chi connectivity index (χ1) is 8.78. The Morgan fingerprint density at radius 3 is 2.78 bits per heavy atom. The highest BCUT2D eigenvalue weighted by Gasteiger charge is 2.17. The number of benzene rings is 1. The fraction of sp³-hybridized carbons (Fsp3) is 0.600. The first kappa shape index (κ1) is 13.4. The molecular weight excluding hydrogens is 224 g/mol. The van der Waals surface area contributed by atoms with Crippen LogP contribution in [0.3, 0.4) is 0 Å². The summed E-state index contributed by atoms with van der Waals surface area (Å²) in [6, 6.07) is 8.68. The second kappa shape index (κ2) is 6.76. The van der Waals surface area contributed by atoms with Gasteiger partial charge in [0.25, 0.3) is 0 Å². The highest BCUT2D eigenvalue weighted by Crippen LogP contribution is 2.22. The zero-order valence-corrected chi connectivity index (χ0v) is 11.2. The summed E-state index contributed by atoms with van der Waals surface area (Å²) in [6.45, 7) is 2.02. The van der Waals surface area contributed by atoms with Crippen molar-refractivity contribution in [2.24, 2.45) is 11.7 Å².